The van der Waals surface area contributed by atoms with Crippen molar-refractivity contribution in [1.29, 1.82) is 0 Å². The summed E-state index contributed by atoms with van der Waals surface area (Å²) >= 11 is 1.57. The van der Waals surface area contributed by atoms with Crippen molar-refractivity contribution in [2.75, 3.05) is 0 Å². The maximum Gasteiger partial charge on any atom is 0.416 e. The van der Waals surface area contributed by atoms with Gasteiger partial charge < -0.3 is 5.73 Å². The molecular formula is C13H13ClF3NS. The summed E-state index contributed by atoms with van der Waals surface area (Å²) < 4.78 is 37.2. The third-order valence-electron chi connectivity index (χ3n) is 2.70. The molecule has 0 saturated carbocycles. The average molecular weight is 308 g/mol. The first-order valence-electron chi connectivity index (χ1n) is 5.42. The van der Waals surface area contributed by atoms with Gasteiger partial charge in [0.05, 0.1) is 5.56 Å². The van der Waals surface area contributed by atoms with Crippen molar-refractivity contribution in [1.82, 2.24) is 0 Å². The van der Waals surface area contributed by atoms with Crippen LogP contribution in [0.3, 0.4) is 0 Å². The normalized spacial score (nSPS) is 11.2. The lowest BCUT2D eigenvalue weighted by atomic mass is 10.0. The summed E-state index contributed by atoms with van der Waals surface area (Å²) in [5.74, 6) is 0. The molecule has 1 aromatic carbocycles. The molecule has 1 nitrogen and oxygen atoms in total. The highest BCUT2D eigenvalue weighted by Crippen LogP contribution is 2.29. The SMILES string of the molecule is Cl.NCc1sccc1Cc1ccc(C(F)(F)F)cc1. The number of alkyl halides is 3. The monoisotopic (exact) mass is 307 g/mol. The van der Waals surface area contributed by atoms with E-state index >= 15 is 0 Å². The minimum atomic E-state index is -4.27. The van der Waals surface area contributed by atoms with Gasteiger partial charge in [-0.25, -0.2) is 0 Å². The number of hydrogen-bond acceptors (Lipinski definition) is 2. The zero-order chi connectivity index (χ0) is 13.2. The molecule has 1 heterocycles. The maximum atomic E-state index is 12.4. The quantitative estimate of drug-likeness (QED) is 0.902. The molecular weight excluding hydrogens is 295 g/mol. The zero-order valence-electron chi connectivity index (χ0n) is 9.91. The van der Waals surface area contributed by atoms with Crippen LogP contribution in [0.1, 0.15) is 21.6 Å². The molecule has 1 aromatic heterocycles. The second-order valence-corrected chi connectivity index (χ2v) is 4.95. The summed E-state index contributed by atoms with van der Waals surface area (Å²) in [4.78, 5) is 1.08. The van der Waals surface area contributed by atoms with E-state index in [1.165, 1.54) is 12.1 Å². The molecule has 0 atom stereocenters. The molecule has 2 aromatic rings. The van der Waals surface area contributed by atoms with E-state index in [2.05, 4.69) is 0 Å². The Kier molecular flexibility index (Phi) is 5.40. The molecule has 6 heteroatoms. The predicted molar refractivity (Wildman–Crippen MR) is 73.7 cm³/mol. The Morgan fingerprint density at radius 3 is 2.21 bits per heavy atom. The van der Waals surface area contributed by atoms with Gasteiger partial charge in [-0.15, -0.1) is 23.7 Å². The fourth-order valence-corrected chi connectivity index (χ4v) is 2.52. The van der Waals surface area contributed by atoms with Crippen LogP contribution in [0.2, 0.25) is 0 Å². The van der Waals surface area contributed by atoms with Crippen molar-refractivity contribution in [3.8, 4) is 0 Å². The molecule has 0 fully saturated rings. The van der Waals surface area contributed by atoms with Crippen molar-refractivity contribution >= 4 is 23.7 Å². The molecule has 2 rings (SSSR count). The van der Waals surface area contributed by atoms with Gasteiger partial charge in [0, 0.05) is 11.4 Å². The van der Waals surface area contributed by atoms with Crippen molar-refractivity contribution < 1.29 is 13.2 Å². The smallest absolute Gasteiger partial charge is 0.326 e. The van der Waals surface area contributed by atoms with Gasteiger partial charge in [-0.05, 0) is 41.1 Å². The maximum absolute atomic E-state index is 12.4. The van der Waals surface area contributed by atoms with E-state index in [1.807, 2.05) is 11.4 Å². The van der Waals surface area contributed by atoms with Gasteiger partial charge in [-0.3, -0.25) is 0 Å². The minimum absolute atomic E-state index is 0. The summed E-state index contributed by atoms with van der Waals surface area (Å²) in [5, 5.41) is 1.95. The summed E-state index contributed by atoms with van der Waals surface area (Å²) in [7, 11) is 0. The van der Waals surface area contributed by atoms with Crippen LogP contribution in [0.5, 0.6) is 0 Å². The number of nitrogens with two attached hydrogens (primary N) is 1. The van der Waals surface area contributed by atoms with Crippen LogP contribution in [-0.4, -0.2) is 0 Å². The van der Waals surface area contributed by atoms with Gasteiger partial charge in [-0.2, -0.15) is 13.2 Å². The highest BCUT2D eigenvalue weighted by molar-refractivity contribution is 7.10. The Morgan fingerprint density at radius 2 is 1.68 bits per heavy atom. The Balaban J connectivity index is 0.00000180. The lowest BCUT2D eigenvalue weighted by molar-refractivity contribution is -0.137. The van der Waals surface area contributed by atoms with Crippen LogP contribution in [0, 0.1) is 0 Å². The Labute approximate surface area is 119 Å². The summed E-state index contributed by atoms with van der Waals surface area (Å²) in [5.41, 5.74) is 6.92. The van der Waals surface area contributed by atoms with E-state index in [1.54, 1.807) is 11.3 Å². The summed E-state index contributed by atoms with van der Waals surface area (Å²) in [6.07, 6.45) is -3.66. The highest BCUT2D eigenvalue weighted by atomic mass is 35.5. The largest absolute Gasteiger partial charge is 0.416 e. The first kappa shape index (κ1) is 16.0. The molecule has 0 aliphatic heterocycles. The lowest BCUT2D eigenvalue weighted by Crippen LogP contribution is -2.04. The molecule has 0 bridgehead atoms. The van der Waals surface area contributed by atoms with Crippen LogP contribution in [-0.2, 0) is 19.1 Å². The van der Waals surface area contributed by atoms with Gasteiger partial charge in [0.2, 0.25) is 0 Å². The van der Waals surface area contributed by atoms with Crippen LogP contribution in [0.4, 0.5) is 13.2 Å². The van der Waals surface area contributed by atoms with E-state index < -0.39 is 11.7 Å². The average Bonchev–Trinajstić information content (AvgIpc) is 2.76. The van der Waals surface area contributed by atoms with Crippen LogP contribution >= 0.6 is 23.7 Å². The molecule has 2 N–H and O–H groups in total. The van der Waals surface area contributed by atoms with Gasteiger partial charge in [0.1, 0.15) is 0 Å². The van der Waals surface area contributed by atoms with E-state index in [0.29, 0.717) is 13.0 Å². The van der Waals surface area contributed by atoms with Gasteiger partial charge in [0.15, 0.2) is 0 Å². The second kappa shape index (κ2) is 6.41. The number of rotatable bonds is 3. The zero-order valence-corrected chi connectivity index (χ0v) is 11.5. The van der Waals surface area contributed by atoms with E-state index in [4.69, 9.17) is 5.73 Å². The highest BCUT2D eigenvalue weighted by Gasteiger charge is 2.29. The van der Waals surface area contributed by atoms with Gasteiger partial charge >= 0.3 is 6.18 Å². The number of thiophene rings is 1. The fraction of sp³-hybridized carbons (Fsp3) is 0.231. The molecule has 0 amide bonds. The molecule has 0 radical (unpaired) electrons. The number of benzene rings is 1. The van der Waals surface area contributed by atoms with E-state index in [9.17, 15) is 13.2 Å². The van der Waals surface area contributed by atoms with E-state index in [-0.39, 0.29) is 12.4 Å². The van der Waals surface area contributed by atoms with Crippen LogP contribution < -0.4 is 5.73 Å². The molecule has 0 saturated heterocycles. The fourth-order valence-electron chi connectivity index (χ4n) is 1.74. The molecule has 0 aliphatic rings. The summed E-state index contributed by atoms with van der Waals surface area (Å²) in [6, 6.07) is 7.22. The standard InChI is InChI=1S/C13H12F3NS.ClH/c14-13(15,16)11-3-1-9(2-4-11)7-10-5-6-18-12(10)8-17;/h1-6H,7-8,17H2;1H. The lowest BCUT2D eigenvalue weighted by Gasteiger charge is -2.07. The topological polar surface area (TPSA) is 26.0 Å². The molecule has 0 unspecified atom stereocenters. The minimum Gasteiger partial charge on any atom is -0.326 e. The van der Waals surface area contributed by atoms with Gasteiger partial charge in [0.25, 0.3) is 0 Å². The van der Waals surface area contributed by atoms with Crippen molar-refractivity contribution in [2.45, 2.75) is 19.1 Å². The van der Waals surface area contributed by atoms with Crippen LogP contribution in [0.25, 0.3) is 0 Å². The van der Waals surface area contributed by atoms with Crippen molar-refractivity contribution in [3.63, 3.8) is 0 Å². The van der Waals surface area contributed by atoms with Crippen molar-refractivity contribution in [3.05, 3.63) is 57.3 Å². The Bertz CT molecular complexity index is 519. The predicted octanol–water partition coefficient (Wildman–Crippen LogP) is 4.24. The third-order valence-corrected chi connectivity index (χ3v) is 3.68. The third kappa shape index (κ3) is 3.96. The second-order valence-electron chi connectivity index (χ2n) is 3.94. The number of halogens is 4. The Hall–Kier alpha value is -1.04. The first-order chi connectivity index (χ1) is 8.50. The van der Waals surface area contributed by atoms with E-state index in [0.717, 1.165) is 28.1 Å². The van der Waals surface area contributed by atoms with Crippen molar-refractivity contribution in [2.24, 2.45) is 5.73 Å². The molecule has 0 spiro atoms. The molecule has 0 aliphatic carbocycles. The number of hydrogen-bond donors (Lipinski definition) is 1. The molecule has 19 heavy (non-hydrogen) atoms. The Morgan fingerprint density at radius 1 is 1.05 bits per heavy atom. The van der Waals surface area contributed by atoms with Gasteiger partial charge in [-0.1, -0.05) is 12.1 Å². The summed E-state index contributed by atoms with van der Waals surface area (Å²) in [6.45, 7) is 0.466. The first-order valence-corrected chi connectivity index (χ1v) is 6.30. The van der Waals surface area contributed by atoms with Crippen LogP contribution in [0.15, 0.2) is 35.7 Å². The molecule has 104 valence electrons.